The van der Waals surface area contributed by atoms with Crippen LogP contribution in [-0.4, -0.2) is 59.0 Å². The van der Waals surface area contributed by atoms with Gasteiger partial charge in [-0.1, -0.05) is 58.0 Å². The highest BCUT2D eigenvalue weighted by Gasteiger charge is 2.29. The van der Waals surface area contributed by atoms with E-state index < -0.39 is 22.0 Å². The normalized spacial score (nSPS) is 12.7. The number of carbonyl (C=O) groups is 1. The number of benzene rings is 2. The van der Waals surface area contributed by atoms with Crippen molar-refractivity contribution in [2.45, 2.75) is 38.6 Å². The Morgan fingerprint density at radius 1 is 1.12 bits per heavy atom. The van der Waals surface area contributed by atoms with E-state index in [2.05, 4.69) is 20.7 Å². The van der Waals surface area contributed by atoms with E-state index in [1.807, 2.05) is 44.2 Å². The Hall–Kier alpha value is -3.31. The number of amides is 1. The lowest BCUT2D eigenvalue weighted by Crippen LogP contribution is -2.32. The fraction of sp³-hybridized carbons (Fsp3) is 0.391. The van der Waals surface area contributed by atoms with Crippen LogP contribution in [0.5, 0.6) is 5.75 Å². The van der Waals surface area contributed by atoms with Crippen LogP contribution >= 0.6 is 0 Å². The number of anilines is 1. The third-order valence-corrected chi connectivity index (χ3v) is 7.43. The van der Waals surface area contributed by atoms with Crippen LogP contribution in [-0.2, 0) is 14.8 Å². The van der Waals surface area contributed by atoms with Gasteiger partial charge in [0.15, 0.2) is 6.04 Å². The Bertz CT molecular complexity index is 1220. The van der Waals surface area contributed by atoms with Gasteiger partial charge in [-0.15, -0.1) is 10.2 Å². The Balaban J connectivity index is 1.93. The van der Waals surface area contributed by atoms with Gasteiger partial charge in [-0.3, -0.25) is 4.79 Å². The molecule has 2 aromatic carbocycles. The summed E-state index contributed by atoms with van der Waals surface area (Å²) in [6.45, 7) is 7.96. The first kappa shape index (κ1) is 25.3. The number of aromatic nitrogens is 4. The van der Waals surface area contributed by atoms with Gasteiger partial charge in [0.05, 0.1) is 17.7 Å². The zero-order chi connectivity index (χ0) is 24.9. The van der Waals surface area contributed by atoms with Gasteiger partial charge in [0, 0.05) is 18.7 Å². The molecular weight excluding hydrogens is 456 g/mol. The number of carbonyl (C=O) groups excluding carboxylic acids is 1. The number of tetrazole rings is 1. The molecule has 0 bridgehead atoms. The van der Waals surface area contributed by atoms with Crippen LogP contribution in [0.25, 0.3) is 11.4 Å². The third kappa shape index (κ3) is 5.26. The van der Waals surface area contributed by atoms with Crippen molar-refractivity contribution in [1.29, 1.82) is 0 Å². The van der Waals surface area contributed by atoms with E-state index in [0.717, 1.165) is 5.56 Å². The molecule has 182 valence electrons. The number of sulfonamides is 1. The lowest BCUT2D eigenvalue weighted by atomic mass is 10.0. The summed E-state index contributed by atoms with van der Waals surface area (Å²) in [5.41, 5.74) is 1.03. The highest BCUT2D eigenvalue weighted by molar-refractivity contribution is 7.89. The summed E-state index contributed by atoms with van der Waals surface area (Å²) in [6, 6.07) is 13.0. The second-order valence-corrected chi connectivity index (χ2v) is 9.87. The number of hydrogen-bond acceptors (Lipinski definition) is 7. The van der Waals surface area contributed by atoms with Crippen LogP contribution in [0.15, 0.2) is 53.4 Å². The second-order valence-electron chi connectivity index (χ2n) is 7.93. The molecule has 1 heterocycles. The van der Waals surface area contributed by atoms with Gasteiger partial charge in [-0.05, 0) is 29.3 Å². The van der Waals surface area contributed by atoms with Crippen molar-refractivity contribution in [2.75, 3.05) is 25.5 Å². The minimum atomic E-state index is -3.71. The predicted molar refractivity (Wildman–Crippen MR) is 129 cm³/mol. The van der Waals surface area contributed by atoms with Crippen LogP contribution in [0.3, 0.4) is 0 Å². The maximum atomic E-state index is 13.3. The smallest absolute Gasteiger partial charge is 0.251 e. The fourth-order valence-electron chi connectivity index (χ4n) is 3.58. The van der Waals surface area contributed by atoms with Gasteiger partial charge >= 0.3 is 0 Å². The molecule has 11 heteroatoms. The molecule has 0 spiro atoms. The zero-order valence-electron chi connectivity index (χ0n) is 20.0. The number of nitrogens with one attached hydrogen (secondary N) is 1. The van der Waals surface area contributed by atoms with Crippen molar-refractivity contribution < 1.29 is 17.9 Å². The average molecular weight is 487 g/mol. The van der Waals surface area contributed by atoms with Gasteiger partial charge in [0.25, 0.3) is 5.91 Å². The Morgan fingerprint density at radius 3 is 2.38 bits per heavy atom. The molecule has 34 heavy (non-hydrogen) atoms. The first-order valence-corrected chi connectivity index (χ1v) is 12.5. The molecule has 1 N–H and O–H groups in total. The number of methoxy groups -OCH3 is 1. The molecule has 1 amide bonds. The van der Waals surface area contributed by atoms with E-state index in [0.29, 0.717) is 24.7 Å². The van der Waals surface area contributed by atoms with Crippen LogP contribution in [0.1, 0.15) is 33.7 Å². The number of rotatable bonds is 10. The van der Waals surface area contributed by atoms with Crippen molar-refractivity contribution in [1.82, 2.24) is 24.5 Å². The molecule has 0 aliphatic rings. The van der Waals surface area contributed by atoms with Gasteiger partial charge < -0.3 is 10.1 Å². The van der Waals surface area contributed by atoms with Crippen LogP contribution in [0.4, 0.5) is 5.69 Å². The second kappa shape index (κ2) is 10.7. The first-order valence-electron chi connectivity index (χ1n) is 11.1. The average Bonchev–Trinajstić information content (AvgIpc) is 3.29. The molecule has 0 aliphatic heterocycles. The summed E-state index contributed by atoms with van der Waals surface area (Å²) in [5.74, 6) is 0.156. The summed E-state index contributed by atoms with van der Waals surface area (Å²) in [5, 5.41) is 15.4. The number of nitrogens with zero attached hydrogens (tertiary/aromatic N) is 5. The van der Waals surface area contributed by atoms with Crippen molar-refractivity contribution in [3.8, 4) is 17.1 Å². The molecule has 0 saturated carbocycles. The van der Waals surface area contributed by atoms with Crippen molar-refractivity contribution >= 4 is 21.6 Å². The summed E-state index contributed by atoms with van der Waals surface area (Å²) >= 11 is 0. The monoisotopic (exact) mass is 486 g/mol. The minimum Gasteiger partial charge on any atom is -0.495 e. The highest BCUT2D eigenvalue weighted by Crippen LogP contribution is 2.30. The lowest BCUT2D eigenvalue weighted by Gasteiger charge is -2.21. The van der Waals surface area contributed by atoms with Crippen LogP contribution in [0, 0.1) is 5.92 Å². The minimum absolute atomic E-state index is 0.0682. The van der Waals surface area contributed by atoms with Gasteiger partial charge in [0.2, 0.25) is 15.8 Å². The van der Waals surface area contributed by atoms with E-state index in [-0.39, 0.29) is 16.5 Å². The van der Waals surface area contributed by atoms with Gasteiger partial charge in [0.1, 0.15) is 5.75 Å². The van der Waals surface area contributed by atoms with Gasteiger partial charge in [-0.25, -0.2) is 8.42 Å². The predicted octanol–water partition coefficient (Wildman–Crippen LogP) is 3.22. The SMILES string of the molecule is CCN(CC)S(=O)(=O)c1ccc(OC)c(NC(=O)C(C(C)C)n2nnc(-c3ccccc3)n2)c1. The molecule has 1 atom stereocenters. The highest BCUT2D eigenvalue weighted by atomic mass is 32.2. The quantitative estimate of drug-likeness (QED) is 0.467. The molecule has 0 saturated heterocycles. The summed E-state index contributed by atoms with van der Waals surface area (Å²) in [7, 11) is -2.26. The topological polar surface area (TPSA) is 119 Å². The van der Waals surface area contributed by atoms with Crippen LogP contribution < -0.4 is 10.1 Å². The summed E-state index contributed by atoms with van der Waals surface area (Å²) in [6.07, 6.45) is 0. The lowest BCUT2D eigenvalue weighted by molar-refractivity contribution is -0.121. The van der Waals surface area contributed by atoms with Crippen molar-refractivity contribution in [3.05, 3.63) is 48.5 Å². The number of hydrogen-bond donors (Lipinski definition) is 1. The molecular formula is C23H30N6O4S. The zero-order valence-corrected chi connectivity index (χ0v) is 20.8. The summed E-state index contributed by atoms with van der Waals surface area (Å²) in [4.78, 5) is 14.7. The Labute approximate surface area is 200 Å². The first-order chi connectivity index (χ1) is 16.2. The molecule has 0 fully saturated rings. The maximum absolute atomic E-state index is 13.3. The van der Waals surface area contributed by atoms with E-state index in [1.165, 1.54) is 34.4 Å². The van der Waals surface area contributed by atoms with E-state index >= 15 is 0 Å². The molecule has 1 aromatic heterocycles. The van der Waals surface area contributed by atoms with E-state index in [4.69, 9.17) is 4.74 Å². The molecule has 10 nitrogen and oxygen atoms in total. The van der Waals surface area contributed by atoms with E-state index in [1.54, 1.807) is 13.8 Å². The Morgan fingerprint density at radius 2 is 1.79 bits per heavy atom. The standard InChI is InChI=1S/C23H30N6O4S/c1-6-28(7-2)34(31,32)18-13-14-20(33-5)19(15-18)24-23(30)21(16(3)4)29-26-22(25-27-29)17-11-9-8-10-12-17/h8-16,21H,6-7H2,1-5H3,(H,24,30). The molecule has 0 aliphatic carbocycles. The molecule has 3 aromatic rings. The van der Waals surface area contributed by atoms with E-state index in [9.17, 15) is 13.2 Å². The molecule has 3 rings (SSSR count). The largest absolute Gasteiger partial charge is 0.495 e. The Kier molecular flexibility index (Phi) is 8.00. The van der Waals surface area contributed by atoms with Crippen molar-refractivity contribution in [2.24, 2.45) is 5.92 Å². The number of ether oxygens (including phenoxy) is 1. The fourth-order valence-corrected chi connectivity index (χ4v) is 5.07. The maximum Gasteiger partial charge on any atom is 0.251 e. The summed E-state index contributed by atoms with van der Waals surface area (Å²) < 4.78 is 32.7. The van der Waals surface area contributed by atoms with Gasteiger partial charge in [-0.2, -0.15) is 9.10 Å². The van der Waals surface area contributed by atoms with Crippen molar-refractivity contribution in [3.63, 3.8) is 0 Å². The van der Waals surface area contributed by atoms with Crippen LogP contribution in [0.2, 0.25) is 0 Å². The third-order valence-electron chi connectivity index (χ3n) is 5.38. The molecule has 1 unspecified atom stereocenters. The molecule has 0 radical (unpaired) electrons.